The topological polar surface area (TPSA) is 25.4 Å². The van der Waals surface area contributed by atoms with Crippen molar-refractivity contribution in [1.29, 1.82) is 0 Å². The van der Waals surface area contributed by atoms with E-state index in [1.54, 1.807) is 7.11 Å². The SMILES string of the molecule is COc1ccc(/C=C/c2cc(N3CCCCC3)c(C)cn2)c2ccccc12.Cl. The first-order valence-electron chi connectivity index (χ1n) is 9.71. The molecule has 4 rings (SSSR count). The molecular formula is C24H27ClN2O. The van der Waals surface area contributed by atoms with Gasteiger partial charge in [-0.05, 0) is 60.9 Å². The molecule has 0 bridgehead atoms. The number of benzene rings is 2. The van der Waals surface area contributed by atoms with Gasteiger partial charge in [0.25, 0.3) is 0 Å². The molecule has 0 radical (unpaired) electrons. The minimum atomic E-state index is 0. The summed E-state index contributed by atoms with van der Waals surface area (Å²) < 4.78 is 5.50. The molecule has 2 aromatic carbocycles. The number of fused-ring (bicyclic) bond motifs is 1. The molecule has 1 aliphatic heterocycles. The van der Waals surface area contributed by atoms with Gasteiger partial charge in [0.05, 0.1) is 12.8 Å². The molecule has 0 atom stereocenters. The predicted octanol–water partition coefficient (Wildman–Crippen LogP) is 6.13. The number of piperidine rings is 1. The normalized spacial score (nSPS) is 14.3. The number of rotatable bonds is 4. The zero-order chi connectivity index (χ0) is 18.6. The van der Waals surface area contributed by atoms with Crippen molar-refractivity contribution in [3.05, 3.63) is 65.5 Å². The average molecular weight is 395 g/mol. The smallest absolute Gasteiger partial charge is 0.126 e. The molecule has 28 heavy (non-hydrogen) atoms. The van der Waals surface area contributed by atoms with Crippen LogP contribution in [0.2, 0.25) is 0 Å². The van der Waals surface area contributed by atoms with E-state index in [1.807, 2.05) is 18.3 Å². The van der Waals surface area contributed by atoms with Gasteiger partial charge in [0.1, 0.15) is 5.75 Å². The Morgan fingerprint density at radius 1 is 0.964 bits per heavy atom. The van der Waals surface area contributed by atoms with E-state index in [-0.39, 0.29) is 12.4 Å². The van der Waals surface area contributed by atoms with Crippen LogP contribution >= 0.6 is 12.4 Å². The molecule has 1 aromatic heterocycles. The van der Waals surface area contributed by atoms with Gasteiger partial charge in [0.15, 0.2) is 0 Å². The lowest BCUT2D eigenvalue weighted by atomic mass is 10.0. The Morgan fingerprint density at radius 3 is 2.46 bits per heavy atom. The van der Waals surface area contributed by atoms with Crippen LogP contribution in [0.15, 0.2) is 48.7 Å². The first-order chi connectivity index (χ1) is 13.3. The lowest BCUT2D eigenvalue weighted by Gasteiger charge is -2.30. The van der Waals surface area contributed by atoms with E-state index in [0.29, 0.717) is 0 Å². The Kier molecular flexibility index (Phi) is 6.58. The number of halogens is 1. The van der Waals surface area contributed by atoms with Gasteiger partial charge in [-0.2, -0.15) is 0 Å². The summed E-state index contributed by atoms with van der Waals surface area (Å²) in [5.41, 5.74) is 4.75. The summed E-state index contributed by atoms with van der Waals surface area (Å²) in [5.74, 6) is 0.906. The molecule has 1 fully saturated rings. The number of nitrogens with zero attached hydrogens (tertiary/aromatic N) is 2. The lowest BCUT2D eigenvalue weighted by Crippen LogP contribution is -2.30. The van der Waals surface area contributed by atoms with Crippen LogP contribution in [-0.4, -0.2) is 25.2 Å². The highest BCUT2D eigenvalue weighted by Crippen LogP contribution is 2.30. The van der Waals surface area contributed by atoms with Crippen LogP contribution in [0.1, 0.15) is 36.1 Å². The Morgan fingerprint density at radius 2 is 1.71 bits per heavy atom. The average Bonchev–Trinajstić information content (AvgIpc) is 2.73. The number of aromatic nitrogens is 1. The molecule has 3 nitrogen and oxygen atoms in total. The Labute approximate surface area is 173 Å². The van der Waals surface area contributed by atoms with Crippen molar-refractivity contribution in [3.8, 4) is 5.75 Å². The van der Waals surface area contributed by atoms with Gasteiger partial charge in [0, 0.05) is 30.4 Å². The summed E-state index contributed by atoms with van der Waals surface area (Å²) in [6.07, 6.45) is 10.2. The molecule has 0 amide bonds. The standard InChI is InChI=1S/C24H26N2O.ClH/c1-18-17-25-20(16-23(18)26-14-6-3-7-15-26)12-10-19-11-13-24(27-2)22-9-5-4-8-21(19)22;/h4-5,8-13,16-17H,3,6-7,14-15H2,1-2H3;1H/b12-10+;. The van der Waals surface area contributed by atoms with Crippen LogP contribution < -0.4 is 9.64 Å². The first-order valence-corrected chi connectivity index (χ1v) is 9.71. The Bertz CT molecular complexity index is 978. The van der Waals surface area contributed by atoms with Crippen LogP contribution in [0.5, 0.6) is 5.75 Å². The number of anilines is 1. The molecule has 146 valence electrons. The zero-order valence-electron chi connectivity index (χ0n) is 16.5. The molecular weight excluding hydrogens is 368 g/mol. The van der Waals surface area contributed by atoms with Gasteiger partial charge >= 0.3 is 0 Å². The summed E-state index contributed by atoms with van der Waals surface area (Å²) in [7, 11) is 1.72. The number of hydrogen-bond acceptors (Lipinski definition) is 3. The van der Waals surface area contributed by atoms with Crippen LogP contribution in [0.3, 0.4) is 0 Å². The van der Waals surface area contributed by atoms with Gasteiger partial charge < -0.3 is 9.64 Å². The van der Waals surface area contributed by atoms with Crippen molar-refractivity contribution in [2.45, 2.75) is 26.2 Å². The molecule has 4 heteroatoms. The molecule has 0 saturated carbocycles. The number of methoxy groups -OCH3 is 1. The van der Waals surface area contributed by atoms with Crippen molar-refractivity contribution >= 4 is 41.0 Å². The fraction of sp³-hybridized carbons (Fsp3) is 0.292. The van der Waals surface area contributed by atoms with E-state index in [2.05, 4.69) is 59.3 Å². The monoisotopic (exact) mass is 394 g/mol. The first kappa shape index (κ1) is 20.2. The van der Waals surface area contributed by atoms with Crippen molar-refractivity contribution in [2.24, 2.45) is 0 Å². The number of ether oxygens (including phenoxy) is 1. The fourth-order valence-electron chi connectivity index (χ4n) is 3.89. The highest BCUT2D eigenvalue weighted by molar-refractivity contribution is 5.96. The highest BCUT2D eigenvalue weighted by Gasteiger charge is 2.13. The second-order valence-electron chi connectivity index (χ2n) is 7.18. The van der Waals surface area contributed by atoms with Crippen molar-refractivity contribution in [2.75, 3.05) is 25.1 Å². The van der Waals surface area contributed by atoms with Crippen molar-refractivity contribution < 1.29 is 4.74 Å². The van der Waals surface area contributed by atoms with E-state index in [0.717, 1.165) is 29.9 Å². The second-order valence-corrected chi connectivity index (χ2v) is 7.18. The number of pyridine rings is 1. The second kappa shape index (κ2) is 9.11. The highest BCUT2D eigenvalue weighted by atomic mass is 35.5. The summed E-state index contributed by atoms with van der Waals surface area (Å²) >= 11 is 0. The van der Waals surface area contributed by atoms with E-state index in [4.69, 9.17) is 4.74 Å². The van der Waals surface area contributed by atoms with Gasteiger partial charge in [0.2, 0.25) is 0 Å². The number of aryl methyl sites for hydroxylation is 1. The maximum absolute atomic E-state index is 5.50. The van der Waals surface area contributed by atoms with Gasteiger partial charge in [-0.25, -0.2) is 0 Å². The number of hydrogen-bond donors (Lipinski definition) is 0. The molecule has 0 aliphatic carbocycles. The third kappa shape index (κ3) is 4.15. The molecule has 0 unspecified atom stereocenters. The fourth-order valence-corrected chi connectivity index (χ4v) is 3.89. The summed E-state index contributed by atoms with van der Waals surface area (Å²) in [6, 6.07) is 14.7. The quantitative estimate of drug-likeness (QED) is 0.531. The van der Waals surface area contributed by atoms with Gasteiger partial charge in [-0.15, -0.1) is 12.4 Å². The molecule has 3 aromatic rings. The Hall–Kier alpha value is -2.52. The third-order valence-corrected chi connectivity index (χ3v) is 5.36. The van der Waals surface area contributed by atoms with E-state index in [9.17, 15) is 0 Å². The van der Waals surface area contributed by atoms with E-state index in [1.165, 1.54) is 41.5 Å². The molecule has 1 aliphatic rings. The van der Waals surface area contributed by atoms with E-state index >= 15 is 0 Å². The summed E-state index contributed by atoms with van der Waals surface area (Å²) in [4.78, 5) is 7.13. The molecule has 1 saturated heterocycles. The van der Waals surface area contributed by atoms with Gasteiger partial charge in [-0.3, -0.25) is 4.98 Å². The minimum Gasteiger partial charge on any atom is -0.496 e. The van der Waals surface area contributed by atoms with Crippen LogP contribution in [-0.2, 0) is 0 Å². The molecule has 0 spiro atoms. The molecule has 0 N–H and O–H groups in total. The van der Waals surface area contributed by atoms with Crippen molar-refractivity contribution in [1.82, 2.24) is 4.98 Å². The lowest BCUT2D eigenvalue weighted by molar-refractivity contribution is 0.420. The minimum absolute atomic E-state index is 0. The van der Waals surface area contributed by atoms with E-state index < -0.39 is 0 Å². The van der Waals surface area contributed by atoms with Gasteiger partial charge in [-0.1, -0.05) is 36.4 Å². The predicted molar refractivity (Wildman–Crippen MR) is 122 cm³/mol. The molecule has 2 heterocycles. The summed E-state index contributed by atoms with van der Waals surface area (Å²) in [6.45, 7) is 4.45. The largest absolute Gasteiger partial charge is 0.496 e. The third-order valence-electron chi connectivity index (χ3n) is 5.36. The van der Waals surface area contributed by atoms with Crippen LogP contribution in [0, 0.1) is 6.92 Å². The van der Waals surface area contributed by atoms with Crippen LogP contribution in [0.4, 0.5) is 5.69 Å². The maximum atomic E-state index is 5.50. The summed E-state index contributed by atoms with van der Waals surface area (Å²) in [5, 5.41) is 2.32. The Balaban J connectivity index is 0.00000225. The van der Waals surface area contributed by atoms with Crippen LogP contribution in [0.25, 0.3) is 22.9 Å². The maximum Gasteiger partial charge on any atom is 0.126 e. The zero-order valence-corrected chi connectivity index (χ0v) is 17.3. The van der Waals surface area contributed by atoms with Crippen molar-refractivity contribution in [3.63, 3.8) is 0 Å².